The van der Waals surface area contributed by atoms with E-state index in [1.165, 1.54) is 4.57 Å². The molecule has 5 N–H and O–H groups in total. The third kappa shape index (κ3) is 4.13. The molecular weight excluding hydrogens is 248 g/mol. The van der Waals surface area contributed by atoms with Gasteiger partial charge in [0.05, 0.1) is 6.10 Å². The number of rotatable bonds is 6. The Kier molecular flexibility index (Phi) is 5.17. The molecule has 0 aliphatic rings. The number of nitrogens with one attached hydrogen (secondary N) is 2. The van der Waals surface area contributed by atoms with Gasteiger partial charge in [-0.25, -0.2) is 4.79 Å². The third-order valence-electron chi connectivity index (χ3n) is 2.65. The molecule has 0 aliphatic heterocycles. The van der Waals surface area contributed by atoms with Crippen LogP contribution < -0.4 is 22.3 Å². The number of anilines is 2. The molecule has 0 fully saturated rings. The van der Waals surface area contributed by atoms with E-state index in [0.29, 0.717) is 19.5 Å². The molecule has 1 aromatic heterocycles. The van der Waals surface area contributed by atoms with Crippen LogP contribution in [0.25, 0.3) is 0 Å². The lowest BCUT2D eigenvalue weighted by atomic mass is 10.2. The van der Waals surface area contributed by atoms with Crippen LogP contribution in [0.1, 0.15) is 27.2 Å². The summed E-state index contributed by atoms with van der Waals surface area (Å²) in [4.78, 5) is 25.6. The molecule has 1 rings (SSSR count). The highest BCUT2D eigenvalue weighted by Gasteiger charge is 2.12. The average Bonchev–Trinajstić information content (AvgIpc) is 2.28. The summed E-state index contributed by atoms with van der Waals surface area (Å²) < 4.78 is 1.34. The van der Waals surface area contributed by atoms with Gasteiger partial charge in [0.25, 0.3) is 5.56 Å². The molecule has 0 radical (unpaired) electrons. The van der Waals surface area contributed by atoms with Crippen molar-refractivity contribution in [3.63, 3.8) is 0 Å². The highest BCUT2D eigenvalue weighted by molar-refractivity contribution is 5.60. The number of hydrogen-bond acceptors (Lipinski definition) is 5. The SMILES string of the molecule is CC(C)Cn1c(N)c(NCCC(C)O)c(=O)[nH]c1=O. The van der Waals surface area contributed by atoms with Gasteiger partial charge in [0, 0.05) is 13.1 Å². The van der Waals surface area contributed by atoms with E-state index in [1.54, 1.807) is 6.92 Å². The molecule has 0 amide bonds. The molecule has 1 unspecified atom stereocenters. The lowest BCUT2D eigenvalue weighted by Gasteiger charge is -2.15. The van der Waals surface area contributed by atoms with Crippen LogP contribution >= 0.6 is 0 Å². The van der Waals surface area contributed by atoms with Gasteiger partial charge in [0.1, 0.15) is 11.5 Å². The smallest absolute Gasteiger partial charge is 0.330 e. The van der Waals surface area contributed by atoms with Crippen LogP contribution in [0.3, 0.4) is 0 Å². The quantitative estimate of drug-likeness (QED) is 0.579. The molecule has 7 nitrogen and oxygen atoms in total. The molecule has 1 aromatic rings. The van der Waals surface area contributed by atoms with Crippen molar-refractivity contribution >= 4 is 11.5 Å². The summed E-state index contributed by atoms with van der Waals surface area (Å²) >= 11 is 0. The number of hydrogen-bond donors (Lipinski definition) is 4. The lowest BCUT2D eigenvalue weighted by Crippen LogP contribution is -2.35. The van der Waals surface area contributed by atoms with Crippen molar-refractivity contribution < 1.29 is 5.11 Å². The number of aromatic nitrogens is 2. The van der Waals surface area contributed by atoms with Crippen molar-refractivity contribution in [1.29, 1.82) is 0 Å². The molecule has 0 spiro atoms. The lowest BCUT2D eigenvalue weighted by molar-refractivity contribution is 0.188. The van der Waals surface area contributed by atoms with Crippen molar-refractivity contribution in [2.75, 3.05) is 17.6 Å². The molecule has 1 atom stereocenters. The number of H-pyrrole nitrogens is 1. The van der Waals surface area contributed by atoms with Crippen LogP contribution in [0.15, 0.2) is 9.59 Å². The van der Waals surface area contributed by atoms with Crippen molar-refractivity contribution in [3.05, 3.63) is 20.8 Å². The number of nitrogen functional groups attached to an aromatic ring is 1. The van der Waals surface area contributed by atoms with E-state index in [2.05, 4.69) is 10.3 Å². The second-order valence-electron chi connectivity index (χ2n) is 5.09. The summed E-state index contributed by atoms with van der Waals surface area (Å²) in [5.74, 6) is 0.365. The highest BCUT2D eigenvalue weighted by atomic mass is 16.3. The van der Waals surface area contributed by atoms with Crippen LogP contribution in [0.2, 0.25) is 0 Å². The number of aromatic amines is 1. The fourth-order valence-electron chi connectivity index (χ4n) is 1.71. The van der Waals surface area contributed by atoms with Crippen LogP contribution in [-0.4, -0.2) is 27.3 Å². The molecule has 7 heteroatoms. The monoisotopic (exact) mass is 270 g/mol. The summed E-state index contributed by atoms with van der Waals surface area (Å²) in [5, 5.41) is 12.0. The average molecular weight is 270 g/mol. The normalized spacial score (nSPS) is 12.7. The summed E-state index contributed by atoms with van der Waals surface area (Å²) in [6.07, 6.45) is 0.0247. The predicted molar refractivity (Wildman–Crippen MR) is 75.4 cm³/mol. The van der Waals surface area contributed by atoms with Gasteiger partial charge < -0.3 is 16.2 Å². The van der Waals surface area contributed by atoms with Crippen molar-refractivity contribution in [2.45, 2.75) is 39.8 Å². The summed E-state index contributed by atoms with van der Waals surface area (Å²) in [6, 6.07) is 0. The molecule has 108 valence electrons. The number of nitrogens with zero attached hydrogens (tertiary/aromatic N) is 1. The van der Waals surface area contributed by atoms with Gasteiger partial charge in [-0.15, -0.1) is 0 Å². The summed E-state index contributed by atoms with van der Waals surface area (Å²) in [7, 11) is 0. The predicted octanol–water partition coefficient (Wildman–Crippen LogP) is -0.0424. The Morgan fingerprint density at radius 1 is 1.37 bits per heavy atom. The standard InChI is InChI=1S/C12H22N4O3/c1-7(2)6-16-10(13)9(11(18)15-12(16)19)14-5-4-8(3)17/h7-8,14,17H,4-6,13H2,1-3H3,(H,15,18,19). The fourth-order valence-corrected chi connectivity index (χ4v) is 1.71. The summed E-state index contributed by atoms with van der Waals surface area (Å²) in [5.41, 5.74) is 5.01. The van der Waals surface area contributed by atoms with Crippen LogP contribution in [0, 0.1) is 5.92 Å². The van der Waals surface area contributed by atoms with Gasteiger partial charge in [-0.3, -0.25) is 14.3 Å². The highest BCUT2D eigenvalue weighted by Crippen LogP contribution is 2.11. The van der Waals surface area contributed by atoms with E-state index in [4.69, 9.17) is 5.73 Å². The van der Waals surface area contributed by atoms with Gasteiger partial charge in [-0.2, -0.15) is 0 Å². The molecule has 0 aromatic carbocycles. The molecule has 0 aliphatic carbocycles. The molecule has 19 heavy (non-hydrogen) atoms. The topological polar surface area (TPSA) is 113 Å². The molecular formula is C12H22N4O3. The minimum atomic E-state index is -0.534. The van der Waals surface area contributed by atoms with Crippen molar-refractivity contribution in [1.82, 2.24) is 9.55 Å². The first kappa shape index (κ1) is 15.3. The summed E-state index contributed by atoms with van der Waals surface area (Å²) in [6.45, 7) is 6.42. The molecule has 0 saturated carbocycles. The van der Waals surface area contributed by atoms with E-state index in [-0.39, 0.29) is 17.4 Å². The first-order valence-corrected chi connectivity index (χ1v) is 6.37. The maximum absolute atomic E-state index is 11.7. The molecule has 0 bridgehead atoms. The molecule has 1 heterocycles. The van der Waals surface area contributed by atoms with E-state index < -0.39 is 17.4 Å². The van der Waals surface area contributed by atoms with Gasteiger partial charge >= 0.3 is 5.69 Å². The molecule has 0 saturated heterocycles. The van der Waals surface area contributed by atoms with Crippen molar-refractivity contribution in [3.8, 4) is 0 Å². The van der Waals surface area contributed by atoms with E-state index in [1.807, 2.05) is 13.8 Å². The first-order valence-electron chi connectivity index (χ1n) is 6.37. The Hall–Kier alpha value is -1.76. The second kappa shape index (κ2) is 6.42. The third-order valence-corrected chi connectivity index (χ3v) is 2.65. The minimum Gasteiger partial charge on any atom is -0.393 e. The number of aliphatic hydroxyl groups is 1. The van der Waals surface area contributed by atoms with Crippen molar-refractivity contribution in [2.24, 2.45) is 5.92 Å². The zero-order valence-electron chi connectivity index (χ0n) is 11.6. The van der Waals surface area contributed by atoms with Gasteiger partial charge in [-0.1, -0.05) is 13.8 Å². The Labute approximate surface area is 111 Å². The van der Waals surface area contributed by atoms with Crippen LogP contribution in [0.4, 0.5) is 11.5 Å². The van der Waals surface area contributed by atoms with E-state index >= 15 is 0 Å². The van der Waals surface area contributed by atoms with Gasteiger partial charge in [0.15, 0.2) is 0 Å². The van der Waals surface area contributed by atoms with Gasteiger partial charge in [-0.05, 0) is 19.3 Å². The second-order valence-corrected chi connectivity index (χ2v) is 5.09. The minimum absolute atomic E-state index is 0.132. The zero-order valence-corrected chi connectivity index (χ0v) is 11.6. The maximum atomic E-state index is 11.7. The Morgan fingerprint density at radius 3 is 2.53 bits per heavy atom. The van der Waals surface area contributed by atoms with Crippen LogP contribution in [-0.2, 0) is 6.54 Å². The van der Waals surface area contributed by atoms with E-state index in [0.717, 1.165) is 0 Å². The Morgan fingerprint density at radius 2 is 2.00 bits per heavy atom. The Bertz CT molecular complexity index is 531. The Balaban J connectivity index is 3.04. The largest absolute Gasteiger partial charge is 0.393 e. The van der Waals surface area contributed by atoms with Crippen LogP contribution in [0.5, 0.6) is 0 Å². The maximum Gasteiger partial charge on any atom is 0.330 e. The fraction of sp³-hybridized carbons (Fsp3) is 0.667. The number of nitrogens with two attached hydrogens (primary N) is 1. The number of aliphatic hydroxyl groups excluding tert-OH is 1. The zero-order chi connectivity index (χ0) is 14.6. The first-order chi connectivity index (χ1) is 8.82. The van der Waals surface area contributed by atoms with Gasteiger partial charge in [0.2, 0.25) is 0 Å². The van der Waals surface area contributed by atoms with E-state index in [9.17, 15) is 14.7 Å².